The summed E-state index contributed by atoms with van der Waals surface area (Å²) in [5.74, 6) is 0.00467. The second kappa shape index (κ2) is 7.87. The van der Waals surface area contributed by atoms with Gasteiger partial charge in [-0.1, -0.05) is 37.3 Å². The number of rotatable bonds is 3. The average Bonchev–Trinajstić information content (AvgIpc) is 2.96. The molecule has 0 saturated heterocycles. The highest BCUT2D eigenvalue weighted by Gasteiger charge is 2.19. The molecule has 4 nitrogen and oxygen atoms in total. The SMILES string of the molecule is Cc1ccc2nc(-c3cccnc3)cc(C(=O)NC3CCCCCC3)c2c1. The van der Waals surface area contributed by atoms with Gasteiger partial charge < -0.3 is 5.32 Å². The molecule has 2 heterocycles. The molecule has 0 atom stereocenters. The Kier molecular flexibility index (Phi) is 5.14. The standard InChI is InChI=1S/C23H25N3O/c1-16-10-11-21-19(13-16)20(14-22(26-21)17-7-6-12-24-15-17)23(27)25-18-8-4-2-3-5-9-18/h6-7,10-15,18H,2-5,8-9H2,1H3,(H,25,27). The summed E-state index contributed by atoms with van der Waals surface area (Å²) in [4.78, 5) is 22.1. The minimum Gasteiger partial charge on any atom is -0.349 e. The lowest BCUT2D eigenvalue weighted by atomic mass is 10.0. The number of hydrogen-bond acceptors (Lipinski definition) is 3. The van der Waals surface area contributed by atoms with Gasteiger partial charge in [0.15, 0.2) is 0 Å². The summed E-state index contributed by atoms with van der Waals surface area (Å²) in [6.07, 6.45) is 10.6. The Bertz CT molecular complexity index is 944. The number of amides is 1. The maximum absolute atomic E-state index is 13.2. The van der Waals surface area contributed by atoms with Crippen LogP contribution in [0.4, 0.5) is 0 Å². The molecule has 27 heavy (non-hydrogen) atoms. The van der Waals surface area contributed by atoms with Crippen molar-refractivity contribution in [2.24, 2.45) is 0 Å². The first-order chi connectivity index (χ1) is 13.2. The van der Waals surface area contributed by atoms with Crippen LogP contribution in [-0.2, 0) is 0 Å². The van der Waals surface area contributed by atoms with E-state index in [-0.39, 0.29) is 11.9 Å². The van der Waals surface area contributed by atoms with Gasteiger partial charge in [-0.25, -0.2) is 4.98 Å². The summed E-state index contributed by atoms with van der Waals surface area (Å²) in [5, 5.41) is 4.19. The Hall–Kier alpha value is -2.75. The van der Waals surface area contributed by atoms with Crippen LogP contribution in [0.2, 0.25) is 0 Å². The quantitative estimate of drug-likeness (QED) is 0.665. The van der Waals surface area contributed by atoms with E-state index in [0.717, 1.165) is 40.6 Å². The molecule has 1 N–H and O–H groups in total. The molecule has 1 fully saturated rings. The largest absolute Gasteiger partial charge is 0.349 e. The average molecular weight is 359 g/mol. The molecule has 1 saturated carbocycles. The van der Waals surface area contributed by atoms with Gasteiger partial charge in [0.1, 0.15) is 0 Å². The molecule has 0 radical (unpaired) electrons. The van der Waals surface area contributed by atoms with Gasteiger partial charge in [-0.15, -0.1) is 0 Å². The summed E-state index contributed by atoms with van der Waals surface area (Å²) in [6.45, 7) is 2.04. The molecule has 1 aliphatic rings. The topological polar surface area (TPSA) is 54.9 Å². The van der Waals surface area contributed by atoms with Crippen LogP contribution in [-0.4, -0.2) is 21.9 Å². The normalized spacial score (nSPS) is 15.4. The van der Waals surface area contributed by atoms with Gasteiger partial charge in [0.2, 0.25) is 0 Å². The summed E-state index contributed by atoms with van der Waals surface area (Å²) in [7, 11) is 0. The molecule has 1 amide bonds. The number of nitrogens with zero attached hydrogens (tertiary/aromatic N) is 2. The highest BCUT2D eigenvalue weighted by atomic mass is 16.1. The van der Waals surface area contributed by atoms with Crippen molar-refractivity contribution in [1.29, 1.82) is 0 Å². The third-order valence-corrected chi connectivity index (χ3v) is 5.36. The smallest absolute Gasteiger partial charge is 0.252 e. The molecular formula is C23H25N3O. The Morgan fingerprint density at radius 1 is 1.07 bits per heavy atom. The molecule has 4 heteroatoms. The van der Waals surface area contributed by atoms with E-state index in [9.17, 15) is 4.79 Å². The number of aryl methyl sites for hydroxylation is 1. The first-order valence-electron chi connectivity index (χ1n) is 9.83. The number of carbonyl (C=O) groups excluding carboxylic acids is 1. The van der Waals surface area contributed by atoms with E-state index < -0.39 is 0 Å². The van der Waals surface area contributed by atoms with Gasteiger partial charge in [-0.05, 0) is 50.1 Å². The van der Waals surface area contributed by atoms with E-state index >= 15 is 0 Å². The van der Waals surface area contributed by atoms with Crippen molar-refractivity contribution in [2.45, 2.75) is 51.5 Å². The molecule has 0 spiro atoms. The van der Waals surface area contributed by atoms with Crippen LogP contribution in [0.15, 0.2) is 48.8 Å². The lowest BCUT2D eigenvalue weighted by Gasteiger charge is -2.17. The fourth-order valence-corrected chi connectivity index (χ4v) is 3.88. The molecule has 0 aliphatic heterocycles. The molecule has 3 aromatic rings. The molecule has 138 valence electrons. The number of benzene rings is 1. The van der Waals surface area contributed by atoms with E-state index in [1.807, 2.05) is 37.3 Å². The minimum atomic E-state index is 0.00467. The third-order valence-electron chi connectivity index (χ3n) is 5.36. The van der Waals surface area contributed by atoms with E-state index in [0.29, 0.717) is 5.56 Å². The zero-order chi connectivity index (χ0) is 18.6. The van der Waals surface area contributed by atoms with Crippen molar-refractivity contribution in [3.8, 4) is 11.3 Å². The fraction of sp³-hybridized carbons (Fsp3) is 0.348. The monoisotopic (exact) mass is 359 g/mol. The zero-order valence-corrected chi connectivity index (χ0v) is 15.7. The first kappa shape index (κ1) is 17.7. The van der Waals surface area contributed by atoms with E-state index in [1.54, 1.807) is 12.4 Å². The predicted molar refractivity (Wildman–Crippen MR) is 109 cm³/mol. The second-order valence-corrected chi connectivity index (χ2v) is 7.48. The second-order valence-electron chi connectivity index (χ2n) is 7.48. The molecule has 4 rings (SSSR count). The molecule has 1 aromatic carbocycles. The zero-order valence-electron chi connectivity index (χ0n) is 15.7. The number of pyridine rings is 2. The van der Waals surface area contributed by atoms with E-state index in [2.05, 4.69) is 16.4 Å². The number of hydrogen-bond donors (Lipinski definition) is 1. The fourth-order valence-electron chi connectivity index (χ4n) is 3.88. The van der Waals surface area contributed by atoms with Gasteiger partial charge in [-0.3, -0.25) is 9.78 Å². The summed E-state index contributed by atoms with van der Waals surface area (Å²) in [6, 6.07) is 12.1. The van der Waals surface area contributed by atoms with Crippen LogP contribution in [0, 0.1) is 6.92 Å². The van der Waals surface area contributed by atoms with Gasteiger partial charge in [-0.2, -0.15) is 0 Å². The van der Waals surface area contributed by atoms with Crippen molar-refractivity contribution < 1.29 is 4.79 Å². The maximum Gasteiger partial charge on any atom is 0.252 e. The predicted octanol–water partition coefficient (Wildman–Crippen LogP) is 5.06. The van der Waals surface area contributed by atoms with Gasteiger partial charge >= 0.3 is 0 Å². The first-order valence-corrected chi connectivity index (χ1v) is 9.83. The number of aromatic nitrogens is 2. The van der Waals surface area contributed by atoms with Crippen molar-refractivity contribution >= 4 is 16.8 Å². The Morgan fingerprint density at radius 3 is 2.63 bits per heavy atom. The van der Waals surface area contributed by atoms with Crippen LogP contribution in [0.5, 0.6) is 0 Å². The third kappa shape index (κ3) is 4.00. The van der Waals surface area contributed by atoms with Gasteiger partial charge in [0.05, 0.1) is 16.8 Å². The van der Waals surface area contributed by atoms with Gasteiger partial charge in [0.25, 0.3) is 5.91 Å². The highest BCUT2D eigenvalue weighted by molar-refractivity contribution is 6.07. The number of fused-ring (bicyclic) bond motifs is 1. The van der Waals surface area contributed by atoms with Crippen LogP contribution in [0.1, 0.15) is 54.4 Å². The number of nitrogens with one attached hydrogen (secondary N) is 1. The van der Waals surface area contributed by atoms with Crippen molar-refractivity contribution in [1.82, 2.24) is 15.3 Å². The van der Waals surface area contributed by atoms with Crippen molar-refractivity contribution in [3.05, 3.63) is 59.9 Å². The molecule has 0 bridgehead atoms. The minimum absolute atomic E-state index is 0.00467. The summed E-state index contributed by atoms with van der Waals surface area (Å²) in [5.41, 5.74) is 4.37. The van der Waals surface area contributed by atoms with Crippen molar-refractivity contribution in [3.63, 3.8) is 0 Å². The highest BCUT2D eigenvalue weighted by Crippen LogP contribution is 2.26. The summed E-state index contributed by atoms with van der Waals surface area (Å²) >= 11 is 0. The van der Waals surface area contributed by atoms with E-state index in [1.165, 1.54) is 25.7 Å². The molecular weight excluding hydrogens is 334 g/mol. The van der Waals surface area contributed by atoms with E-state index in [4.69, 9.17) is 4.98 Å². The van der Waals surface area contributed by atoms with Crippen LogP contribution < -0.4 is 5.32 Å². The van der Waals surface area contributed by atoms with Crippen molar-refractivity contribution in [2.75, 3.05) is 0 Å². The Morgan fingerprint density at radius 2 is 1.89 bits per heavy atom. The lowest BCUT2D eigenvalue weighted by molar-refractivity contribution is 0.0935. The lowest BCUT2D eigenvalue weighted by Crippen LogP contribution is -2.34. The number of carbonyl (C=O) groups is 1. The van der Waals surface area contributed by atoms with Crippen LogP contribution >= 0.6 is 0 Å². The Balaban J connectivity index is 1.74. The van der Waals surface area contributed by atoms with Gasteiger partial charge in [0, 0.05) is 29.4 Å². The Labute approximate surface area is 160 Å². The molecule has 2 aromatic heterocycles. The van der Waals surface area contributed by atoms with Crippen LogP contribution in [0.25, 0.3) is 22.2 Å². The summed E-state index contributed by atoms with van der Waals surface area (Å²) < 4.78 is 0. The molecule has 1 aliphatic carbocycles. The van der Waals surface area contributed by atoms with Crippen LogP contribution in [0.3, 0.4) is 0 Å². The maximum atomic E-state index is 13.2. The molecule has 0 unspecified atom stereocenters.